The maximum absolute atomic E-state index is 6.72. The molecule has 200 valence electrons. The molecule has 8 heteroatoms. The van der Waals surface area contributed by atoms with Gasteiger partial charge in [0.15, 0.2) is 0 Å². The molecule has 4 heterocycles. The van der Waals surface area contributed by atoms with Crippen molar-refractivity contribution in [2.75, 3.05) is 0 Å². The van der Waals surface area contributed by atoms with Crippen LogP contribution in [0.3, 0.4) is 0 Å². The summed E-state index contributed by atoms with van der Waals surface area (Å²) in [6.07, 6.45) is 0. The van der Waals surface area contributed by atoms with Crippen LogP contribution < -0.4 is 15.7 Å². The van der Waals surface area contributed by atoms with E-state index in [2.05, 4.69) is 117 Å². The molecule has 2 aromatic carbocycles. The Morgan fingerprint density at radius 3 is 1.63 bits per heavy atom. The van der Waals surface area contributed by atoms with Crippen LogP contribution in [0.5, 0.6) is 5.75 Å². The molecular formula is C30H39B2NO5. The molecule has 0 aliphatic carbocycles. The van der Waals surface area contributed by atoms with E-state index < -0.39 is 31.0 Å². The molecule has 38 heavy (non-hydrogen) atoms. The van der Waals surface area contributed by atoms with Crippen LogP contribution in [0.1, 0.15) is 74.8 Å². The van der Waals surface area contributed by atoms with Gasteiger partial charge in [-0.15, -0.1) is 0 Å². The second kappa shape index (κ2) is 7.69. The lowest BCUT2D eigenvalue weighted by molar-refractivity contribution is 0.00578. The van der Waals surface area contributed by atoms with Gasteiger partial charge in [-0.1, -0.05) is 18.2 Å². The minimum atomic E-state index is -0.551. The predicted octanol–water partition coefficient (Wildman–Crippen LogP) is 5.07. The monoisotopic (exact) mass is 515 g/mol. The lowest BCUT2D eigenvalue weighted by atomic mass is 9.76. The zero-order valence-electron chi connectivity index (χ0n) is 24.6. The molecule has 3 aromatic rings. The smallest absolute Gasteiger partial charge is 0.482 e. The number of nitrogens with zero attached hydrogens (tertiary/aromatic N) is 1. The van der Waals surface area contributed by atoms with Gasteiger partial charge in [-0.3, -0.25) is 0 Å². The Morgan fingerprint density at radius 2 is 1.11 bits per heavy atom. The van der Waals surface area contributed by atoms with Crippen molar-refractivity contribution in [3.63, 3.8) is 0 Å². The summed E-state index contributed by atoms with van der Waals surface area (Å²) in [4.78, 5) is 0. The van der Waals surface area contributed by atoms with Crippen LogP contribution in [0, 0.1) is 0 Å². The number of benzene rings is 2. The maximum Gasteiger partial charge on any atom is 0.494 e. The number of ether oxygens (including phenoxy) is 1. The van der Waals surface area contributed by atoms with Crippen molar-refractivity contribution in [2.24, 2.45) is 7.05 Å². The third-order valence-electron chi connectivity index (χ3n) is 9.50. The molecule has 1 aromatic heterocycles. The van der Waals surface area contributed by atoms with Gasteiger partial charge in [0.2, 0.25) is 0 Å². The van der Waals surface area contributed by atoms with Gasteiger partial charge in [0.1, 0.15) is 11.4 Å². The van der Waals surface area contributed by atoms with Crippen LogP contribution in [0.15, 0.2) is 36.4 Å². The van der Waals surface area contributed by atoms with Crippen molar-refractivity contribution in [1.29, 1.82) is 0 Å². The van der Waals surface area contributed by atoms with Crippen LogP contribution in [0.2, 0.25) is 0 Å². The Kier molecular flexibility index (Phi) is 5.26. The zero-order valence-corrected chi connectivity index (χ0v) is 24.6. The van der Waals surface area contributed by atoms with Crippen LogP contribution in [-0.4, -0.2) is 41.2 Å². The van der Waals surface area contributed by atoms with Crippen LogP contribution in [0.4, 0.5) is 0 Å². The van der Waals surface area contributed by atoms with Crippen molar-refractivity contribution < 1.29 is 23.4 Å². The van der Waals surface area contributed by atoms with E-state index in [4.69, 9.17) is 23.4 Å². The van der Waals surface area contributed by atoms with Gasteiger partial charge in [0.25, 0.3) is 0 Å². The van der Waals surface area contributed by atoms with E-state index in [0.717, 1.165) is 38.8 Å². The summed E-state index contributed by atoms with van der Waals surface area (Å²) in [5, 5.41) is 1.15. The maximum atomic E-state index is 6.72. The van der Waals surface area contributed by atoms with Gasteiger partial charge >= 0.3 is 14.2 Å². The molecule has 3 aliphatic rings. The van der Waals surface area contributed by atoms with E-state index in [0.29, 0.717) is 0 Å². The summed E-state index contributed by atoms with van der Waals surface area (Å²) < 4.78 is 34.4. The lowest BCUT2D eigenvalue weighted by Gasteiger charge is -2.34. The summed E-state index contributed by atoms with van der Waals surface area (Å²) in [6, 6.07) is 12.8. The molecule has 0 bridgehead atoms. The highest BCUT2D eigenvalue weighted by Gasteiger charge is 2.53. The van der Waals surface area contributed by atoms with Gasteiger partial charge in [-0.25, -0.2) is 0 Å². The highest BCUT2D eigenvalue weighted by molar-refractivity contribution is 6.62. The predicted molar refractivity (Wildman–Crippen MR) is 153 cm³/mol. The Bertz CT molecular complexity index is 1440. The number of hydrogen-bond acceptors (Lipinski definition) is 5. The molecule has 0 unspecified atom stereocenters. The topological polar surface area (TPSA) is 51.1 Å². The van der Waals surface area contributed by atoms with E-state index in [9.17, 15) is 0 Å². The molecule has 0 atom stereocenters. The Labute approximate surface area is 227 Å². The average molecular weight is 515 g/mol. The van der Waals surface area contributed by atoms with Gasteiger partial charge in [0.05, 0.1) is 28.1 Å². The fourth-order valence-corrected chi connectivity index (χ4v) is 5.78. The van der Waals surface area contributed by atoms with E-state index >= 15 is 0 Å². The van der Waals surface area contributed by atoms with E-state index in [1.807, 2.05) is 0 Å². The SMILES string of the molecule is Cn1c2c(c3cc(B4OC(C)(C)C(C)(C)O4)ccc31)C(C)(C)Oc1cc(B3OC(C)(C)C(C)(C)O3)ccc1-2. The van der Waals surface area contributed by atoms with E-state index in [1.165, 1.54) is 5.56 Å². The third-order valence-corrected chi connectivity index (χ3v) is 9.50. The van der Waals surface area contributed by atoms with Crippen molar-refractivity contribution in [2.45, 2.75) is 97.2 Å². The minimum absolute atomic E-state index is 0.390. The molecule has 2 saturated heterocycles. The van der Waals surface area contributed by atoms with Crippen molar-refractivity contribution >= 4 is 36.1 Å². The Hall–Kier alpha value is -2.25. The first-order chi connectivity index (χ1) is 17.4. The second-order valence-electron chi connectivity index (χ2n) is 13.6. The summed E-state index contributed by atoms with van der Waals surface area (Å²) >= 11 is 0. The normalized spacial score (nSPS) is 23.9. The van der Waals surface area contributed by atoms with Gasteiger partial charge in [-0.2, -0.15) is 0 Å². The summed E-state index contributed by atoms with van der Waals surface area (Å²) in [5.41, 5.74) is 4.40. The first-order valence-electron chi connectivity index (χ1n) is 13.6. The average Bonchev–Trinajstić information content (AvgIpc) is 3.30. The molecule has 0 saturated carbocycles. The third kappa shape index (κ3) is 3.57. The highest BCUT2D eigenvalue weighted by atomic mass is 16.7. The molecule has 0 N–H and O–H groups in total. The summed E-state index contributed by atoms with van der Waals surface area (Å²) in [6.45, 7) is 20.9. The van der Waals surface area contributed by atoms with Gasteiger partial charge in [0, 0.05) is 29.1 Å². The molecule has 0 radical (unpaired) electrons. The quantitative estimate of drug-likeness (QED) is 0.447. The molecule has 0 spiro atoms. The van der Waals surface area contributed by atoms with E-state index in [-0.39, 0.29) is 11.2 Å². The van der Waals surface area contributed by atoms with Crippen LogP contribution >= 0.6 is 0 Å². The first-order valence-corrected chi connectivity index (χ1v) is 13.6. The molecule has 6 nitrogen and oxygen atoms in total. The van der Waals surface area contributed by atoms with E-state index in [1.54, 1.807) is 0 Å². The number of aromatic nitrogens is 1. The molecule has 6 rings (SSSR count). The molecule has 0 amide bonds. The van der Waals surface area contributed by atoms with Gasteiger partial charge in [-0.05, 0) is 98.4 Å². The fraction of sp³-hybridized carbons (Fsp3) is 0.533. The minimum Gasteiger partial charge on any atom is -0.482 e. The number of aryl methyl sites for hydroxylation is 1. The Balaban J connectivity index is 1.44. The van der Waals surface area contributed by atoms with Crippen LogP contribution in [0.25, 0.3) is 22.2 Å². The molecular weight excluding hydrogens is 476 g/mol. The standard InChI is InChI=1S/C30H39B2NO5/c1-26(2)24-21-16-18(31-35-27(3,4)28(5,6)36-31)13-15-22(21)33(11)25(24)20-14-12-19(17-23(20)34-26)32-37-29(7,8)30(9,10)38-32/h12-17H,1-11H3. The largest absolute Gasteiger partial charge is 0.494 e. The number of fused-ring (bicyclic) bond motifs is 5. The van der Waals surface area contributed by atoms with Crippen molar-refractivity contribution in [1.82, 2.24) is 4.57 Å². The van der Waals surface area contributed by atoms with Crippen LogP contribution in [-0.2, 0) is 31.3 Å². The highest BCUT2D eigenvalue weighted by Crippen LogP contribution is 2.49. The Morgan fingerprint density at radius 1 is 0.632 bits per heavy atom. The number of rotatable bonds is 2. The summed E-state index contributed by atoms with van der Waals surface area (Å²) in [7, 11) is 1.28. The van der Waals surface area contributed by atoms with Crippen molar-refractivity contribution in [3.8, 4) is 17.0 Å². The summed E-state index contributed by atoms with van der Waals surface area (Å²) in [5.74, 6) is 0.840. The fourth-order valence-electron chi connectivity index (χ4n) is 5.78. The van der Waals surface area contributed by atoms with Crippen molar-refractivity contribution in [3.05, 3.63) is 42.0 Å². The van der Waals surface area contributed by atoms with Gasteiger partial charge < -0.3 is 27.9 Å². The molecule has 3 aliphatic heterocycles. The number of hydrogen-bond donors (Lipinski definition) is 0. The second-order valence-corrected chi connectivity index (χ2v) is 13.6. The first kappa shape index (κ1) is 26.0. The molecule has 2 fully saturated rings. The zero-order chi connectivity index (χ0) is 27.6. The lowest BCUT2D eigenvalue weighted by Crippen LogP contribution is -2.41.